The summed E-state index contributed by atoms with van der Waals surface area (Å²) in [5.41, 5.74) is 6.43. The van der Waals surface area contributed by atoms with E-state index in [1.54, 1.807) is 7.11 Å². The molecular weight excluding hydrogens is 488 g/mol. The van der Waals surface area contributed by atoms with Gasteiger partial charge in [0.05, 0.1) is 7.11 Å². The number of ether oxygens (including phenoxy) is 1. The number of amides is 1. The molecule has 0 unspecified atom stereocenters. The predicted molar refractivity (Wildman–Crippen MR) is 155 cm³/mol. The number of aromatic nitrogens is 3. The normalized spacial score (nSPS) is 11.4. The van der Waals surface area contributed by atoms with E-state index in [4.69, 9.17) is 4.74 Å². The Morgan fingerprint density at radius 1 is 0.923 bits per heavy atom. The molecule has 2 heterocycles. The van der Waals surface area contributed by atoms with E-state index in [-0.39, 0.29) is 5.91 Å². The molecule has 8 nitrogen and oxygen atoms in total. The Morgan fingerprint density at radius 2 is 1.64 bits per heavy atom. The topological polar surface area (TPSA) is 104 Å². The van der Waals surface area contributed by atoms with Crippen molar-refractivity contribution in [2.24, 2.45) is 4.99 Å². The van der Waals surface area contributed by atoms with Gasteiger partial charge in [-0.3, -0.25) is 20.4 Å². The molecule has 1 amide bonds. The first-order valence-electron chi connectivity index (χ1n) is 12.7. The van der Waals surface area contributed by atoms with Gasteiger partial charge in [-0.1, -0.05) is 42.5 Å². The summed E-state index contributed by atoms with van der Waals surface area (Å²) in [5, 5.41) is 7.12. The molecule has 0 aliphatic rings. The highest BCUT2D eigenvalue weighted by Crippen LogP contribution is 2.23. The molecule has 0 atom stereocenters. The highest BCUT2D eigenvalue weighted by atomic mass is 16.5. The molecule has 196 valence electrons. The van der Waals surface area contributed by atoms with Crippen molar-refractivity contribution in [1.82, 2.24) is 20.3 Å². The number of hydrogen-bond donors (Lipinski definition) is 3. The number of aromatic amines is 1. The Bertz CT molecular complexity index is 1600. The molecule has 0 aliphatic carbocycles. The summed E-state index contributed by atoms with van der Waals surface area (Å²) < 4.78 is 5.32. The smallest absolute Gasteiger partial charge is 0.257 e. The summed E-state index contributed by atoms with van der Waals surface area (Å²) in [6, 6.07) is 25.4. The number of carbonyl (C=O) groups excluding carboxylic acids is 1. The minimum absolute atomic E-state index is 0.274. The lowest BCUT2D eigenvalue weighted by Gasteiger charge is -2.12. The fraction of sp³-hybridized carbons (Fsp3) is 0.161. The first-order valence-corrected chi connectivity index (χ1v) is 12.7. The van der Waals surface area contributed by atoms with Crippen LogP contribution in [0.1, 0.15) is 27.3 Å². The van der Waals surface area contributed by atoms with E-state index in [0.29, 0.717) is 30.4 Å². The first kappa shape index (κ1) is 25.7. The maximum absolute atomic E-state index is 13.2. The van der Waals surface area contributed by atoms with Crippen LogP contribution in [0.5, 0.6) is 5.75 Å². The summed E-state index contributed by atoms with van der Waals surface area (Å²) in [7, 11) is 1.65. The van der Waals surface area contributed by atoms with E-state index in [2.05, 4.69) is 30.6 Å². The van der Waals surface area contributed by atoms with Gasteiger partial charge in [0.1, 0.15) is 5.75 Å². The lowest BCUT2D eigenvalue weighted by molar-refractivity contribution is 0.0977. The van der Waals surface area contributed by atoms with Crippen LogP contribution >= 0.6 is 0 Å². The second kappa shape index (κ2) is 11.6. The summed E-state index contributed by atoms with van der Waals surface area (Å²) in [5.74, 6) is 1.20. The summed E-state index contributed by atoms with van der Waals surface area (Å²) in [6.45, 7) is 4.24. The number of nitrogens with one attached hydrogen (secondary N) is 3. The van der Waals surface area contributed by atoms with Gasteiger partial charge < -0.3 is 9.72 Å². The Balaban J connectivity index is 1.34. The molecule has 5 aromatic rings. The number of methoxy groups -OCH3 is 1. The third kappa shape index (κ3) is 6.30. The van der Waals surface area contributed by atoms with Crippen molar-refractivity contribution >= 4 is 28.7 Å². The van der Waals surface area contributed by atoms with Crippen LogP contribution in [0.2, 0.25) is 0 Å². The number of nitrogens with zero attached hydrogens (tertiary/aromatic N) is 3. The maximum Gasteiger partial charge on any atom is 0.257 e. The van der Waals surface area contributed by atoms with Crippen LogP contribution < -0.4 is 15.4 Å². The molecule has 0 fully saturated rings. The zero-order valence-corrected chi connectivity index (χ0v) is 22.2. The fourth-order valence-corrected chi connectivity index (χ4v) is 4.41. The minimum Gasteiger partial charge on any atom is -0.497 e. The molecule has 0 bridgehead atoms. The van der Waals surface area contributed by atoms with Crippen molar-refractivity contribution in [3.63, 3.8) is 0 Å². The number of hydrogen-bond acceptors (Lipinski definition) is 5. The zero-order chi connectivity index (χ0) is 27.2. The molecule has 3 N–H and O–H groups in total. The monoisotopic (exact) mass is 518 g/mol. The lowest BCUT2D eigenvalue weighted by atomic mass is 10.0. The van der Waals surface area contributed by atoms with Gasteiger partial charge in [0.2, 0.25) is 11.9 Å². The Morgan fingerprint density at radius 3 is 2.36 bits per heavy atom. The van der Waals surface area contributed by atoms with Crippen molar-refractivity contribution in [3.8, 4) is 16.9 Å². The fourth-order valence-electron chi connectivity index (χ4n) is 4.41. The zero-order valence-electron chi connectivity index (χ0n) is 22.2. The lowest BCUT2D eigenvalue weighted by Crippen LogP contribution is -2.37. The quantitative estimate of drug-likeness (QED) is 0.190. The van der Waals surface area contributed by atoms with Gasteiger partial charge in [0, 0.05) is 46.7 Å². The number of fused-ring (bicyclic) bond motifs is 1. The summed E-state index contributed by atoms with van der Waals surface area (Å²) >= 11 is 0. The van der Waals surface area contributed by atoms with Crippen molar-refractivity contribution < 1.29 is 9.53 Å². The van der Waals surface area contributed by atoms with E-state index < -0.39 is 0 Å². The number of anilines is 1. The number of guanidine groups is 1. The van der Waals surface area contributed by atoms with Crippen LogP contribution in [-0.4, -0.2) is 40.5 Å². The molecular formula is C31H30N6O2. The van der Waals surface area contributed by atoms with Crippen LogP contribution in [0.25, 0.3) is 22.0 Å². The highest BCUT2D eigenvalue weighted by Gasteiger charge is 2.12. The van der Waals surface area contributed by atoms with Crippen LogP contribution in [0.4, 0.5) is 5.95 Å². The molecule has 8 heteroatoms. The molecule has 0 saturated heterocycles. The third-order valence-electron chi connectivity index (χ3n) is 6.32. The van der Waals surface area contributed by atoms with E-state index in [1.807, 2.05) is 98.9 Å². The molecule has 0 spiro atoms. The standard InChI is InChI=1S/C31H30N6O2/c1-20-17-21(2)35-31(34-20)37-30(32-16-15-25-19-33-28-18-26(39-3)13-14-27(25)28)36-29(38)24-11-9-23(10-12-24)22-7-5-4-6-8-22/h4-14,17-19,33H,15-16H2,1-3H3,(H2,32,34,35,36,37,38). The van der Waals surface area contributed by atoms with Crippen molar-refractivity contribution in [1.29, 1.82) is 0 Å². The number of aryl methyl sites for hydroxylation is 2. The summed E-state index contributed by atoms with van der Waals surface area (Å²) in [6.07, 6.45) is 2.65. The Labute approximate surface area is 227 Å². The maximum atomic E-state index is 13.2. The number of benzene rings is 3. The largest absolute Gasteiger partial charge is 0.497 e. The van der Waals surface area contributed by atoms with Gasteiger partial charge in [-0.2, -0.15) is 0 Å². The molecule has 3 aromatic carbocycles. The van der Waals surface area contributed by atoms with Crippen LogP contribution in [0.3, 0.4) is 0 Å². The number of H-pyrrole nitrogens is 1. The molecule has 0 radical (unpaired) electrons. The molecule has 0 aliphatic heterocycles. The van der Waals surface area contributed by atoms with Crippen molar-refractivity contribution in [2.45, 2.75) is 20.3 Å². The highest BCUT2D eigenvalue weighted by molar-refractivity contribution is 6.09. The van der Waals surface area contributed by atoms with Gasteiger partial charge in [0.15, 0.2) is 0 Å². The molecule has 2 aromatic heterocycles. The van der Waals surface area contributed by atoms with E-state index >= 15 is 0 Å². The second-order valence-corrected chi connectivity index (χ2v) is 9.20. The van der Waals surface area contributed by atoms with Crippen molar-refractivity contribution in [3.05, 3.63) is 108 Å². The SMILES string of the molecule is COc1ccc2c(CCN=C(NC(=O)c3ccc(-c4ccccc4)cc3)Nc3nc(C)cc(C)n3)c[nH]c2c1. The average Bonchev–Trinajstić information content (AvgIpc) is 3.35. The number of aliphatic imine (C=N–C) groups is 1. The third-order valence-corrected chi connectivity index (χ3v) is 6.32. The minimum atomic E-state index is -0.274. The van der Waals surface area contributed by atoms with Gasteiger partial charge in [-0.25, -0.2) is 9.97 Å². The second-order valence-electron chi connectivity index (χ2n) is 9.20. The van der Waals surface area contributed by atoms with Gasteiger partial charge >= 0.3 is 0 Å². The first-order chi connectivity index (χ1) is 19.0. The average molecular weight is 519 g/mol. The van der Waals surface area contributed by atoms with Crippen molar-refractivity contribution in [2.75, 3.05) is 19.0 Å². The Kier molecular flexibility index (Phi) is 7.63. The van der Waals surface area contributed by atoms with E-state index in [1.165, 1.54) is 0 Å². The van der Waals surface area contributed by atoms with Gasteiger partial charge in [0.25, 0.3) is 5.91 Å². The Hall–Kier alpha value is -4.98. The van der Waals surface area contributed by atoms with Crippen LogP contribution in [0, 0.1) is 13.8 Å². The predicted octanol–water partition coefficient (Wildman–Crippen LogP) is 5.69. The van der Waals surface area contributed by atoms with Crippen LogP contribution in [-0.2, 0) is 6.42 Å². The van der Waals surface area contributed by atoms with Crippen LogP contribution in [0.15, 0.2) is 90.1 Å². The van der Waals surface area contributed by atoms with Gasteiger partial charge in [-0.15, -0.1) is 0 Å². The van der Waals surface area contributed by atoms with E-state index in [0.717, 1.165) is 44.7 Å². The molecule has 0 saturated carbocycles. The van der Waals surface area contributed by atoms with E-state index in [9.17, 15) is 4.79 Å². The number of rotatable bonds is 7. The summed E-state index contributed by atoms with van der Waals surface area (Å²) in [4.78, 5) is 30.0. The molecule has 39 heavy (non-hydrogen) atoms. The number of carbonyl (C=O) groups is 1. The molecule has 5 rings (SSSR count). The van der Waals surface area contributed by atoms with Gasteiger partial charge in [-0.05, 0) is 67.3 Å².